The number of anilines is 1. The number of para-hydroxylation sites is 1. The molecule has 3 aromatic heterocycles. The summed E-state index contributed by atoms with van der Waals surface area (Å²) in [6.45, 7) is 4.13. The van der Waals surface area contributed by atoms with Gasteiger partial charge in [-0.3, -0.25) is 4.57 Å². The summed E-state index contributed by atoms with van der Waals surface area (Å²) >= 11 is 1.38. The molecule has 39 heavy (non-hydrogen) atoms. The third kappa shape index (κ3) is 5.44. The first-order chi connectivity index (χ1) is 18.7. The van der Waals surface area contributed by atoms with Gasteiger partial charge in [-0.05, 0) is 38.0 Å². The van der Waals surface area contributed by atoms with Gasteiger partial charge >= 0.3 is 0 Å². The van der Waals surface area contributed by atoms with Crippen molar-refractivity contribution in [3.05, 3.63) is 53.1 Å². The molecule has 0 aliphatic carbocycles. The van der Waals surface area contributed by atoms with Crippen molar-refractivity contribution in [2.45, 2.75) is 37.4 Å². The Kier molecular flexibility index (Phi) is 7.51. The second-order valence-corrected chi connectivity index (χ2v) is 12.5. The number of hydrogen-bond donors (Lipinski definition) is 1. The van der Waals surface area contributed by atoms with Crippen LogP contribution in [0.3, 0.4) is 0 Å². The van der Waals surface area contributed by atoms with Gasteiger partial charge in [-0.1, -0.05) is 6.07 Å². The van der Waals surface area contributed by atoms with Gasteiger partial charge in [0, 0.05) is 36.6 Å². The maximum atomic E-state index is 13.8. The normalized spacial score (nSPS) is 17.8. The fraction of sp³-hybridized carbons (Fsp3) is 0.400. The number of hydrogen-bond acceptors (Lipinski definition) is 12. The molecule has 1 saturated heterocycles. The topological polar surface area (TPSA) is 145 Å². The highest BCUT2D eigenvalue weighted by atomic mass is 32.2. The van der Waals surface area contributed by atoms with Crippen LogP contribution in [0.5, 0.6) is 11.5 Å². The van der Waals surface area contributed by atoms with Gasteiger partial charge < -0.3 is 19.5 Å². The number of rotatable bonds is 8. The zero-order chi connectivity index (χ0) is 27.7. The van der Waals surface area contributed by atoms with Crippen molar-refractivity contribution in [2.75, 3.05) is 32.2 Å². The van der Waals surface area contributed by atoms with E-state index < -0.39 is 26.9 Å². The number of thiazole rings is 1. The predicted molar refractivity (Wildman–Crippen MR) is 146 cm³/mol. The van der Waals surface area contributed by atoms with Crippen LogP contribution in [0, 0.1) is 13.8 Å². The lowest BCUT2D eigenvalue weighted by Crippen LogP contribution is -2.49. The number of aliphatic hydroxyl groups excluding tert-OH is 1. The maximum Gasteiger partial charge on any atom is 0.225 e. The minimum absolute atomic E-state index is 0.0926. The molecule has 2 atom stereocenters. The zero-order valence-corrected chi connectivity index (χ0v) is 23.6. The van der Waals surface area contributed by atoms with E-state index in [-0.39, 0.29) is 25.3 Å². The molecule has 0 saturated carbocycles. The van der Waals surface area contributed by atoms with Crippen molar-refractivity contribution in [1.29, 1.82) is 0 Å². The number of sulfone groups is 1. The van der Waals surface area contributed by atoms with Crippen LogP contribution in [-0.2, 0) is 15.6 Å². The highest BCUT2D eigenvalue weighted by Gasteiger charge is 2.37. The molecule has 1 aliphatic rings. The second-order valence-electron chi connectivity index (χ2n) is 9.36. The molecule has 0 unspecified atom stereocenters. The van der Waals surface area contributed by atoms with E-state index in [0.717, 1.165) is 11.3 Å². The summed E-state index contributed by atoms with van der Waals surface area (Å²) in [6.07, 6.45) is 2.56. The van der Waals surface area contributed by atoms with E-state index in [9.17, 15) is 13.5 Å². The van der Waals surface area contributed by atoms with Gasteiger partial charge in [0.05, 0.1) is 25.6 Å². The molecule has 1 fully saturated rings. The van der Waals surface area contributed by atoms with Crippen molar-refractivity contribution >= 4 is 27.1 Å². The summed E-state index contributed by atoms with van der Waals surface area (Å²) in [5, 5.41) is 20.8. The average molecular weight is 572 g/mol. The van der Waals surface area contributed by atoms with Crippen LogP contribution in [0.4, 0.5) is 5.95 Å². The first-order valence-corrected chi connectivity index (χ1v) is 14.8. The smallest absolute Gasteiger partial charge is 0.225 e. The molecule has 14 heteroatoms. The monoisotopic (exact) mass is 571 g/mol. The Bertz CT molecular complexity index is 1550. The van der Waals surface area contributed by atoms with Gasteiger partial charge in [0.25, 0.3) is 0 Å². The molecule has 1 aliphatic heterocycles. The minimum atomic E-state index is -3.83. The number of β-amino-alcohol motifs (C(OH)–C–C–N with tert-alkyl or cyclic N) is 1. The number of aliphatic hydroxyl groups is 1. The van der Waals surface area contributed by atoms with E-state index in [1.807, 2.05) is 19.2 Å². The van der Waals surface area contributed by atoms with E-state index in [2.05, 4.69) is 25.1 Å². The van der Waals surface area contributed by atoms with Crippen molar-refractivity contribution < 1.29 is 23.0 Å². The highest BCUT2D eigenvalue weighted by molar-refractivity contribution is 7.91. The third-order valence-corrected chi connectivity index (χ3v) is 9.42. The zero-order valence-electron chi connectivity index (χ0n) is 22.0. The number of aromatic nitrogens is 6. The summed E-state index contributed by atoms with van der Waals surface area (Å²) in [5.74, 6) is 1.42. The van der Waals surface area contributed by atoms with Crippen LogP contribution in [0.15, 0.2) is 36.0 Å². The van der Waals surface area contributed by atoms with Crippen LogP contribution >= 0.6 is 11.3 Å². The molecule has 0 radical (unpaired) electrons. The van der Waals surface area contributed by atoms with Crippen LogP contribution in [0.1, 0.15) is 23.5 Å². The lowest BCUT2D eigenvalue weighted by molar-refractivity contribution is 0.154. The van der Waals surface area contributed by atoms with Crippen molar-refractivity contribution in [1.82, 2.24) is 29.7 Å². The molecular formula is C25H29N7O5S2. The summed E-state index contributed by atoms with van der Waals surface area (Å²) in [5.41, 5.74) is 2.16. The SMILES string of the molecule is COc1cccc(OC)c1-n1c(CS(=O)(=O)[C@@H]2C[C@H](O)CN(c3ncc(C)cn3)C2)nnc1-c1nc(C)cs1. The Morgan fingerprint density at radius 1 is 1.08 bits per heavy atom. The molecule has 5 rings (SSSR count). The lowest BCUT2D eigenvalue weighted by atomic mass is 10.1. The van der Waals surface area contributed by atoms with Gasteiger partial charge in [0.15, 0.2) is 26.5 Å². The van der Waals surface area contributed by atoms with Crippen LogP contribution in [-0.4, -0.2) is 81.9 Å². The van der Waals surface area contributed by atoms with Gasteiger partial charge in [0.2, 0.25) is 5.95 Å². The first kappa shape index (κ1) is 27.0. The number of methoxy groups -OCH3 is 2. The van der Waals surface area contributed by atoms with E-state index in [4.69, 9.17) is 9.47 Å². The number of ether oxygens (including phenoxy) is 2. The standard InChI is InChI=1S/C25H29N7O5S2/c1-15-9-26-25(27-10-15)31-11-17(33)8-18(12-31)39(34,35)14-21-29-30-23(24-28-16(2)13-38-24)32(21)22-19(36-3)6-5-7-20(22)37-4/h5-7,9-10,13,17-18,33H,8,11-12,14H2,1-4H3/t17-,18+/m0/s1. The van der Waals surface area contributed by atoms with Crippen LogP contribution in [0.25, 0.3) is 16.5 Å². The Morgan fingerprint density at radius 3 is 2.38 bits per heavy atom. The Labute approximate surface area is 230 Å². The van der Waals surface area contributed by atoms with Gasteiger partial charge in [-0.2, -0.15) is 0 Å². The van der Waals surface area contributed by atoms with E-state index in [1.165, 1.54) is 25.6 Å². The summed E-state index contributed by atoms with van der Waals surface area (Å²) < 4.78 is 40.5. The summed E-state index contributed by atoms with van der Waals surface area (Å²) in [4.78, 5) is 14.9. The molecule has 4 heterocycles. The van der Waals surface area contributed by atoms with Crippen LogP contribution < -0.4 is 14.4 Å². The fourth-order valence-electron chi connectivity index (χ4n) is 4.59. The molecule has 0 amide bonds. The van der Waals surface area contributed by atoms with Crippen LogP contribution in [0.2, 0.25) is 0 Å². The molecule has 206 valence electrons. The van der Waals surface area contributed by atoms with Gasteiger partial charge in [0.1, 0.15) is 22.9 Å². The van der Waals surface area contributed by atoms with E-state index in [0.29, 0.717) is 34.0 Å². The highest BCUT2D eigenvalue weighted by Crippen LogP contribution is 2.37. The Balaban J connectivity index is 1.55. The Hall–Kier alpha value is -3.62. The first-order valence-electron chi connectivity index (χ1n) is 12.2. The molecule has 12 nitrogen and oxygen atoms in total. The molecule has 1 aromatic carbocycles. The molecule has 0 bridgehead atoms. The van der Waals surface area contributed by atoms with Crippen molar-refractivity contribution in [2.24, 2.45) is 0 Å². The summed E-state index contributed by atoms with van der Waals surface area (Å²) in [7, 11) is -0.780. The Morgan fingerprint density at radius 2 is 1.77 bits per heavy atom. The van der Waals surface area contributed by atoms with E-state index in [1.54, 1.807) is 40.1 Å². The predicted octanol–water partition coefficient (Wildman–Crippen LogP) is 2.37. The maximum absolute atomic E-state index is 13.8. The molecule has 1 N–H and O–H groups in total. The fourth-order valence-corrected chi connectivity index (χ4v) is 7.06. The second kappa shape index (κ2) is 10.9. The number of nitrogens with zero attached hydrogens (tertiary/aromatic N) is 7. The van der Waals surface area contributed by atoms with Gasteiger partial charge in [-0.25, -0.2) is 23.4 Å². The molecule has 0 spiro atoms. The summed E-state index contributed by atoms with van der Waals surface area (Å²) in [6, 6.07) is 5.29. The van der Waals surface area contributed by atoms with Crippen molar-refractivity contribution in [3.63, 3.8) is 0 Å². The average Bonchev–Trinajstić information content (AvgIpc) is 3.53. The molecule has 4 aromatic rings. The van der Waals surface area contributed by atoms with Gasteiger partial charge in [-0.15, -0.1) is 21.5 Å². The lowest BCUT2D eigenvalue weighted by Gasteiger charge is -2.35. The number of aryl methyl sites for hydroxylation is 2. The van der Waals surface area contributed by atoms with E-state index >= 15 is 0 Å². The third-order valence-electron chi connectivity index (χ3n) is 6.44. The molecular weight excluding hydrogens is 542 g/mol. The van der Waals surface area contributed by atoms with Crippen molar-refractivity contribution in [3.8, 4) is 28.0 Å². The largest absolute Gasteiger partial charge is 0.494 e. The number of benzene rings is 1. The number of piperidine rings is 1. The quantitative estimate of drug-likeness (QED) is 0.333. The minimum Gasteiger partial charge on any atom is -0.494 e.